The summed E-state index contributed by atoms with van der Waals surface area (Å²) in [4.78, 5) is 6.87. The molecule has 1 N–H and O–H groups in total. The minimum Gasteiger partial charge on any atom is -0.508 e. The maximum atomic E-state index is 9.67. The highest BCUT2D eigenvalue weighted by molar-refractivity contribution is 9.09. The molecule has 0 saturated carbocycles. The molecule has 1 aromatic carbocycles. The number of rotatable bonds is 2. The summed E-state index contributed by atoms with van der Waals surface area (Å²) in [5, 5.41) is 12.8. The third-order valence-electron chi connectivity index (χ3n) is 3.56. The summed E-state index contributed by atoms with van der Waals surface area (Å²) in [5.74, 6) is 1.29. The van der Waals surface area contributed by atoms with Gasteiger partial charge in [-0.1, -0.05) is 22.0 Å². The van der Waals surface area contributed by atoms with Gasteiger partial charge in [-0.05, 0) is 36.4 Å². The first-order chi connectivity index (χ1) is 8.79. The number of pyridine rings is 1. The van der Waals surface area contributed by atoms with Crippen LogP contribution >= 0.6 is 15.9 Å². The number of hydrogen-bond acceptors (Lipinski definition) is 3. The van der Waals surface area contributed by atoms with Gasteiger partial charge in [0.05, 0.1) is 0 Å². The lowest BCUT2D eigenvalue weighted by atomic mass is 10.1. The molecule has 3 nitrogen and oxygen atoms in total. The number of benzene rings is 1. The van der Waals surface area contributed by atoms with E-state index < -0.39 is 0 Å². The highest BCUT2D eigenvalue weighted by Crippen LogP contribution is 2.32. The summed E-state index contributed by atoms with van der Waals surface area (Å²) < 4.78 is 0. The van der Waals surface area contributed by atoms with E-state index in [9.17, 15) is 5.11 Å². The molecule has 1 aliphatic heterocycles. The van der Waals surface area contributed by atoms with E-state index in [-0.39, 0.29) is 0 Å². The highest BCUT2D eigenvalue weighted by Gasteiger charge is 2.25. The van der Waals surface area contributed by atoms with Gasteiger partial charge in [0.15, 0.2) is 0 Å². The molecular weight excluding hydrogens is 292 g/mol. The summed E-state index contributed by atoms with van der Waals surface area (Å²) >= 11 is 3.57. The van der Waals surface area contributed by atoms with Gasteiger partial charge in [-0.2, -0.15) is 0 Å². The maximum absolute atomic E-state index is 9.67. The molecule has 18 heavy (non-hydrogen) atoms. The zero-order valence-corrected chi connectivity index (χ0v) is 11.6. The van der Waals surface area contributed by atoms with Crippen LogP contribution in [-0.2, 0) is 0 Å². The zero-order chi connectivity index (χ0) is 12.5. The molecule has 2 aromatic rings. The van der Waals surface area contributed by atoms with E-state index in [1.807, 2.05) is 18.3 Å². The molecule has 1 aromatic heterocycles. The van der Waals surface area contributed by atoms with Crippen molar-refractivity contribution in [3.05, 3.63) is 30.5 Å². The Balaban J connectivity index is 2.13. The van der Waals surface area contributed by atoms with Gasteiger partial charge in [-0.15, -0.1) is 0 Å². The van der Waals surface area contributed by atoms with Crippen LogP contribution < -0.4 is 4.90 Å². The van der Waals surface area contributed by atoms with Gasteiger partial charge < -0.3 is 10.0 Å². The van der Waals surface area contributed by atoms with E-state index in [0.29, 0.717) is 11.8 Å². The monoisotopic (exact) mass is 306 g/mol. The fraction of sp³-hybridized carbons (Fsp3) is 0.357. The Hall–Kier alpha value is -1.29. The molecule has 94 valence electrons. The van der Waals surface area contributed by atoms with Crippen LogP contribution in [0.1, 0.15) is 12.8 Å². The SMILES string of the molecule is Oc1ccc2ccnc(N3CCCC3CBr)c2c1. The predicted octanol–water partition coefficient (Wildman–Crippen LogP) is 3.30. The van der Waals surface area contributed by atoms with Crippen molar-refractivity contribution < 1.29 is 5.11 Å². The quantitative estimate of drug-likeness (QED) is 0.865. The van der Waals surface area contributed by atoms with Crippen LogP contribution in [0.5, 0.6) is 5.75 Å². The summed E-state index contributed by atoms with van der Waals surface area (Å²) in [7, 11) is 0. The van der Waals surface area contributed by atoms with Crippen molar-refractivity contribution in [1.29, 1.82) is 0 Å². The Morgan fingerprint density at radius 2 is 2.28 bits per heavy atom. The van der Waals surface area contributed by atoms with E-state index in [0.717, 1.165) is 28.5 Å². The van der Waals surface area contributed by atoms with Crippen molar-refractivity contribution in [3.8, 4) is 5.75 Å². The second kappa shape index (κ2) is 4.76. The van der Waals surface area contributed by atoms with Crippen LogP contribution in [0.25, 0.3) is 10.8 Å². The van der Waals surface area contributed by atoms with Crippen LogP contribution in [0, 0.1) is 0 Å². The van der Waals surface area contributed by atoms with E-state index in [4.69, 9.17) is 0 Å². The number of fused-ring (bicyclic) bond motifs is 1. The number of anilines is 1. The molecule has 1 unspecified atom stereocenters. The van der Waals surface area contributed by atoms with E-state index in [1.54, 1.807) is 12.1 Å². The van der Waals surface area contributed by atoms with Crippen LogP contribution in [0.15, 0.2) is 30.5 Å². The van der Waals surface area contributed by atoms with Gasteiger partial charge >= 0.3 is 0 Å². The molecule has 4 heteroatoms. The molecule has 0 aliphatic carbocycles. The summed E-state index contributed by atoms with van der Waals surface area (Å²) in [6.07, 6.45) is 4.24. The van der Waals surface area contributed by atoms with Gasteiger partial charge in [-0.25, -0.2) is 4.98 Å². The Bertz CT molecular complexity index is 573. The third-order valence-corrected chi connectivity index (χ3v) is 4.30. The molecule has 0 spiro atoms. The Morgan fingerprint density at radius 1 is 1.39 bits per heavy atom. The number of phenolic OH excluding ortho intramolecular Hbond substituents is 1. The van der Waals surface area contributed by atoms with Crippen molar-refractivity contribution in [1.82, 2.24) is 4.98 Å². The number of aromatic nitrogens is 1. The summed E-state index contributed by atoms with van der Waals surface area (Å²) in [6.45, 7) is 1.04. The first-order valence-corrected chi connectivity index (χ1v) is 7.32. The second-order valence-electron chi connectivity index (χ2n) is 4.68. The molecule has 1 fully saturated rings. The lowest BCUT2D eigenvalue weighted by molar-refractivity contribution is 0.476. The number of halogens is 1. The van der Waals surface area contributed by atoms with E-state index in [1.165, 1.54) is 12.8 Å². The standard InChI is InChI=1S/C14H15BrN2O/c15-9-11-2-1-7-17(11)14-13-8-12(18)4-3-10(13)5-6-16-14/h3-6,8,11,18H,1-2,7,9H2. The van der Waals surface area contributed by atoms with E-state index in [2.05, 4.69) is 25.8 Å². The van der Waals surface area contributed by atoms with Gasteiger partial charge in [0.2, 0.25) is 0 Å². The molecule has 1 aliphatic rings. The molecule has 1 atom stereocenters. The molecule has 0 radical (unpaired) electrons. The second-order valence-corrected chi connectivity index (χ2v) is 5.33. The Kier molecular flexibility index (Phi) is 3.12. The first kappa shape index (κ1) is 11.8. The lowest BCUT2D eigenvalue weighted by Crippen LogP contribution is -2.31. The number of nitrogens with zero attached hydrogens (tertiary/aromatic N) is 2. The van der Waals surface area contributed by atoms with E-state index >= 15 is 0 Å². The van der Waals surface area contributed by atoms with Crippen molar-refractivity contribution in [3.63, 3.8) is 0 Å². The van der Waals surface area contributed by atoms with Gasteiger partial charge in [0, 0.05) is 29.5 Å². The third kappa shape index (κ3) is 1.94. The largest absolute Gasteiger partial charge is 0.508 e. The Labute approximate surface area is 115 Å². The average Bonchev–Trinajstić information content (AvgIpc) is 2.86. The van der Waals surface area contributed by atoms with Crippen molar-refractivity contribution in [2.75, 3.05) is 16.8 Å². The zero-order valence-electron chi connectivity index (χ0n) is 10.0. The van der Waals surface area contributed by atoms with Crippen molar-refractivity contribution in [2.45, 2.75) is 18.9 Å². The number of alkyl halides is 1. The molecule has 1 saturated heterocycles. The molecule has 0 amide bonds. The van der Waals surface area contributed by atoms with Crippen molar-refractivity contribution in [2.24, 2.45) is 0 Å². The molecular formula is C14H15BrN2O. The number of hydrogen-bond donors (Lipinski definition) is 1. The highest BCUT2D eigenvalue weighted by atomic mass is 79.9. The molecule has 2 heterocycles. The van der Waals surface area contributed by atoms with Crippen LogP contribution in [0.4, 0.5) is 5.82 Å². The van der Waals surface area contributed by atoms with Gasteiger partial charge in [0.1, 0.15) is 11.6 Å². The smallest absolute Gasteiger partial charge is 0.136 e. The fourth-order valence-electron chi connectivity index (χ4n) is 2.64. The minimum absolute atomic E-state index is 0.298. The van der Waals surface area contributed by atoms with Crippen LogP contribution in [-0.4, -0.2) is 28.0 Å². The average molecular weight is 307 g/mol. The predicted molar refractivity (Wildman–Crippen MR) is 77.6 cm³/mol. The fourth-order valence-corrected chi connectivity index (χ4v) is 3.32. The minimum atomic E-state index is 0.298. The Morgan fingerprint density at radius 3 is 3.11 bits per heavy atom. The van der Waals surface area contributed by atoms with Gasteiger partial charge in [-0.3, -0.25) is 0 Å². The first-order valence-electron chi connectivity index (χ1n) is 6.20. The lowest BCUT2D eigenvalue weighted by Gasteiger charge is -2.25. The van der Waals surface area contributed by atoms with Crippen LogP contribution in [0.3, 0.4) is 0 Å². The van der Waals surface area contributed by atoms with Crippen molar-refractivity contribution >= 4 is 32.5 Å². The molecule has 3 rings (SSSR count). The molecule has 0 bridgehead atoms. The normalized spacial score (nSPS) is 19.6. The number of phenols is 1. The van der Waals surface area contributed by atoms with Gasteiger partial charge in [0.25, 0.3) is 0 Å². The van der Waals surface area contributed by atoms with Crippen LogP contribution in [0.2, 0.25) is 0 Å². The number of aromatic hydroxyl groups is 1. The maximum Gasteiger partial charge on any atom is 0.136 e. The summed E-state index contributed by atoms with van der Waals surface area (Å²) in [5.41, 5.74) is 0. The summed E-state index contributed by atoms with van der Waals surface area (Å²) in [6, 6.07) is 7.96. The topological polar surface area (TPSA) is 36.4 Å².